The Kier molecular flexibility index (Phi) is 2.58. The van der Waals surface area contributed by atoms with E-state index in [1.54, 1.807) is 6.42 Å². The quantitative estimate of drug-likeness (QED) is 0.808. The van der Waals surface area contributed by atoms with Crippen molar-refractivity contribution in [3.05, 3.63) is 0 Å². The molecule has 0 radical (unpaired) electrons. The van der Waals surface area contributed by atoms with Gasteiger partial charge in [0.15, 0.2) is 0 Å². The molecule has 4 fully saturated rings. The molecule has 0 amide bonds. The largest absolute Gasteiger partial charge is 0.308 e. The predicted molar refractivity (Wildman–Crippen MR) is 74.5 cm³/mol. The smallest absolute Gasteiger partial charge is 0.0309 e. The zero-order valence-electron chi connectivity index (χ0n) is 12.0. The highest BCUT2D eigenvalue weighted by atomic mass is 15.3. The van der Waals surface area contributed by atoms with Gasteiger partial charge in [0.1, 0.15) is 0 Å². The second-order valence-electron chi connectivity index (χ2n) is 7.84. The Morgan fingerprint density at radius 3 is 2.56 bits per heavy atom. The fourth-order valence-corrected chi connectivity index (χ4v) is 5.14. The summed E-state index contributed by atoms with van der Waals surface area (Å²) in [5, 5.41) is 3.86. The molecule has 1 saturated heterocycles. The third-order valence-electron chi connectivity index (χ3n) is 6.48. The van der Waals surface area contributed by atoms with Gasteiger partial charge in [-0.25, -0.2) is 0 Å². The van der Waals surface area contributed by atoms with E-state index in [4.69, 9.17) is 0 Å². The number of piperazine rings is 1. The first-order chi connectivity index (χ1) is 8.66. The second kappa shape index (κ2) is 3.96. The van der Waals surface area contributed by atoms with Crippen LogP contribution in [-0.2, 0) is 0 Å². The third-order valence-corrected chi connectivity index (χ3v) is 6.48. The topological polar surface area (TPSA) is 15.3 Å². The number of nitrogens with one attached hydrogen (secondary N) is 1. The summed E-state index contributed by atoms with van der Waals surface area (Å²) in [4.78, 5) is 2.90. The molecule has 3 saturated carbocycles. The first-order valence-corrected chi connectivity index (χ1v) is 8.16. The van der Waals surface area contributed by atoms with Crippen LogP contribution in [-0.4, -0.2) is 35.6 Å². The van der Waals surface area contributed by atoms with Crippen molar-refractivity contribution in [3.63, 3.8) is 0 Å². The Labute approximate surface area is 111 Å². The molecule has 2 bridgehead atoms. The maximum atomic E-state index is 3.86. The lowest BCUT2D eigenvalue weighted by Gasteiger charge is -2.50. The molecule has 0 aromatic carbocycles. The molecule has 1 aliphatic heterocycles. The van der Waals surface area contributed by atoms with Crippen LogP contribution < -0.4 is 5.32 Å². The predicted octanol–water partition coefficient (Wildman–Crippen LogP) is 2.64. The molecule has 4 rings (SSSR count). The van der Waals surface area contributed by atoms with Gasteiger partial charge in [0.25, 0.3) is 0 Å². The molecule has 18 heavy (non-hydrogen) atoms. The van der Waals surface area contributed by atoms with Gasteiger partial charge in [-0.05, 0) is 63.7 Å². The van der Waals surface area contributed by atoms with E-state index in [1.165, 1.54) is 45.2 Å². The van der Waals surface area contributed by atoms with E-state index in [9.17, 15) is 0 Å². The molecule has 0 aromatic heterocycles. The Balaban J connectivity index is 1.51. The molecular formula is C16H28N2. The average molecular weight is 248 g/mol. The lowest BCUT2D eigenvalue weighted by atomic mass is 9.86. The zero-order valence-corrected chi connectivity index (χ0v) is 12.0. The lowest BCUT2D eigenvalue weighted by Crippen LogP contribution is -2.65. The Morgan fingerprint density at radius 2 is 1.94 bits per heavy atom. The summed E-state index contributed by atoms with van der Waals surface area (Å²) in [6.07, 6.45) is 9.02. The fraction of sp³-hybridized carbons (Fsp3) is 1.00. The summed E-state index contributed by atoms with van der Waals surface area (Å²) in [6, 6.07) is 1.68. The van der Waals surface area contributed by atoms with E-state index in [0.29, 0.717) is 5.54 Å². The van der Waals surface area contributed by atoms with Gasteiger partial charge in [-0.1, -0.05) is 6.42 Å². The van der Waals surface area contributed by atoms with Gasteiger partial charge < -0.3 is 5.32 Å². The molecule has 1 heterocycles. The maximum absolute atomic E-state index is 3.86. The van der Waals surface area contributed by atoms with Crippen LogP contribution in [0.4, 0.5) is 0 Å². The molecule has 4 aliphatic rings. The number of nitrogens with zero attached hydrogens (tertiary/aromatic N) is 1. The standard InChI is InChI=1S/C16H28N2/c1-11-9-17-16(2,14-5-6-14)10-18(11)15-8-12-3-4-13(15)7-12/h11-15,17H,3-10H2,1-2H3. The first-order valence-electron chi connectivity index (χ1n) is 8.16. The molecule has 5 atom stereocenters. The molecule has 0 spiro atoms. The van der Waals surface area contributed by atoms with E-state index in [0.717, 1.165) is 29.8 Å². The molecule has 3 aliphatic carbocycles. The van der Waals surface area contributed by atoms with Crippen LogP contribution in [0.25, 0.3) is 0 Å². The minimum absolute atomic E-state index is 0.425. The maximum Gasteiger partial charge on any atom is 0.0309 e. The van der Waals surface area contributed by atoms with E-state index < -0.39 is 0 Å². The lowest BCUT2D eigenvalue weighted by molar-refractivity contribution is 0.0248. The zero-order chi connectivity index (χ0) is 12.3. The Hall–Kier alpha value is -0.0800. The number of fused-ring (bicyclic) bond motifs is 2. The summed E-state index contributed by atoms with van der Waals surface area (Å²) < 4.78 is 0. The molecule has 2 heteroatoms. The summed E-state index contributed by atoms with van der Waals surface area (Å²) in [5.41, 5.74) is 0.425. The summed E-state index contributed by atoms with van der Waals surface area (Å²) in [7, 11) is 0. The molecule has 102 valence electrons. The molecule has 1 N–H and O–H groups in total. The van der Waals surface area contributed by atoms with Gasteiger partial charge in [0, 0.05) is 30.7 Å². The van der Waals surface area contributed by atoms with Crippen LogP contribution in [0, 0.1) is 17.8 Å². The van der Waals surface area contributed by atoms with Crippen LogP contribution in [0.5, 0.6) is 0 Å². The third kappa shape index (κ3) is 1.76. The summed E-state index contributed by atoms with van der Waals surface area (Å²) >= 11 is 0. The monoisotopic (exact) mass is 248 g/mol. The van der Waals surface area contributed by atoms with Gasteiger partial charge in [0.05, 0.1) is 0 Å². The van der Waals surface area contributed by atoms with Crippen molar-refractivity contribution in [1.82, 2.24) is 10.2 Å². The van der Waals surface area contributed by atoms with Crippen LogP contribution >= 0.6 is 0 Å². The van der Waals surface area contributed by atoms with Gasteiger partial charge >= 0.3 is 0 Å². The van der Waals surface area contributed by atoms with Crippen molar-refractivity contribution in [1.29, 1.82) is 0 Å². The Morgan fingerprint density at radius 1 is 1.11 bits per heavy atom. The SMILES string of the molecule is CC1CNC(C)(C2CC2)CN1C1CC2CCC1C2. The normalized spacial score (nSPS) is 53.0. The number of hydrogen-bond acceptors (Lipinski definition) is 2. The highest BCUT2D eigenvalue weighted by Crippen LogP contribution is 2.49. The van der Waals surface area contributed by atoms with Crippen molar-refractivity contribution in [2.45, 2.75) is 70.0 Å². The van der Waals surface area contributed by atoms with Crippen molar-refractivity contribution in [2.75, 3.05) is 13.1 Å². The van der Waals surface area contributed by atoms with Crippen LogP contribution in [0.2, 0.25) is 0 Å². The van der Waals surface area contributed by atoms with E-state index >= 15 is 0 Å². The molecule has 2 nitrogen and oxygen atoms in total. The second-order valence-corrected chi connectivity index (χ2v) is 7.84. The van der Waals surface area contributed by atoms with Gasteiger partial charge in [-0.3, -0.25) is 4.90 Å². The minimum Gasteiger partial charge on any atom is -0.308 e. The number of hydrogen-bond donors (Lipinski definition) is 1. The van der Waals surface area contributed by atoms with E-state index in [1.807, 2.05) is 0 Å². The van der Waals surface area contributed by atoms with E-state index in [2.05, 4.69) is 24.1 Å². The van der Waals surface area contributed by atoms with Crippen LogP contribution in [0.1, 0.15) is 52.4 Å². The summed E-state index contributed by atoms with van der Waals surface area (Å²) in [6.45, 7) is 7.44. The highest BCUT2D eigenvalue weighted by molar-refractivity contribution is 5.07. The van der Waals surface area contributed by atoms with Crippen molar-refractivity contribution < 1.29 is 0 Å². The van der Waals surface area contributed by atoms with Gasteiger partial charge in [-0.15, -0.1) is 0 Å². The molecule has 5 unspecified atom stereocenters. The Bertz CT molecular complexity index is 338. The van der Waals surface area contributed by atoms with Crippen molar-refractivity contribution in [3.8, 4) is 0 Å². The van der Waals surface area contributed by atoms with Gasteiger partial charge in [-0.2, -0.15) is 0 Å². The molecule has 0 aromatic rings. The summed E-state index contributed by atoms with van der Waals surface area (Å²) in [5.74, 6) is 3.08. The van der Waals surface area contributed by atoms with Crippen LogP contribution in [0.15, 0.2) is 0 Å². The average Bonchev–Trinajstić information content (AvgIpc) is 3.03. The van der Waals surface area contributed by atoms with Crippen molar-refractivity contribution >= 4 is 0 Å². The van der Waals surface area contributed by atoms with Gasteiger partial charge in [0.2, 0.25) is 0 Å². The minimum atomic E-state index is 0.425. The fourth-order valence-electron chi connectivity index (χ4n) is 5.14. The highest BCUT2D eigenvalue weighted by Gasteiger charge is 2.50. The molecular weight excluding hydrogens is 220 g/mol. The number of rotatable bonds is 2. The first kappa shape index (κ1) is 11.7. The van der Waals surface area contributed by atoms with E-state index in [-0.39, 0.29) is 0 Å². The van der Waals surface area contributed by atoms with Crippen molar-refractivity contribution in [2.24, 2.45) is 17.8 Å². The van der Waals surface area contributed by atoms with Crippen LogP contribution in [0.3, 0.4) is 0 Å².